The highest BCUT2D eigenvalue weighted by atomic mass is 16.6. The molecule has 1 aliphatic rings. The molecule has 1 amide bonds. The second kappa shape index (κ2) is 16.6. The summed E-state index contributed by atoms with van der Waals surface area (Å²) in [5.74, 6) is 2.20. The van der Waals surface area contributed by atoms with Crippen molar-refractivity contribution in [3.8, 4) is 11.4 Å². The van der Waals surface area contributed by atoms with E-state index in [-0.39, 0.29) is 5.91 Å². The molecule has 0 bridgehead atoms. The average molecular weight is 619 g/mol. The number of pyridine rings is 2. The van der Waals surface area contributed by atoms with E-state index < -0.39 is 17.9 Å². The van der Waals surface area contributed by atoms with E-state index in [0.717, 1.165) is 68.0 Å². The van der Waals surface area contributed by atoms with Crippen LogP contribution in [0.5, 0.6) is 0 Å². The second-order valence-electron chi connectivity index (χ2n) is 12.7. The number of aryl methyl sites for hydroxylation is 3. The monoisotopic (exact) mass is 618 g/mol. The van der Waals surface area contributed by atoms with Gasteiger partial charge in [0, 0.05) is 68.5 Å². The number of hydrogen-bond acceptors (Lipinski definition) is 10. The maximum atomic E-state index is 11.6. The van der Waals surface area contributed by atoms with Crippen LogP contribution in [0, 0.1) is 6.92 Å². The number of carbonyl (C=O) groups excluding carboxylic acids is 1. The Morgan fingerprint density at radius 3 is 2.64 bits per heavy atom. The molecule has 3 aromatic heterocycles. The number of anilines is 2. The summed E-state index contributed by atoms with van der Waals surface area (Å²) in [6.45, 7) is 13.1. The van der Waals surface area contributed by atoms with Crippen molar-refractivity contribution in [1.29, 1.82) is 0 Å². The van der Waals surface area contributed by atoms with Crippen LogP contribution in [-0.4, -0.2) is 86.5 Å². The van der Waals surface area contributed by atoms with Crippen molar-refractivity contribution in [2.24, 2.45) is 0 Å². The van der Waals surface area contributed by atoms with E-state index in [0.29, 0.717) is 37.7 Å². The highest BCUT2D eigenvalue weighted by Crippen LogP contribution is 2.22. The van der Waals surface area contributed by atoms with Crippen molar-refractivity contribution in [3.63, 3.8) is 0 Å². The molecule has 0 saturated carbocycles. The minimum Gasteiger partial charge on any atom is -0.370 e. The van der Waals surface area contributed by atoms with Gasteiger partial charge in [0.15, 0.2) is 12.1 Å². The number of aliphatic hydroxyl groups excluding tert-OH is 1. The van der Waals surface area contributed by atoms with Crippen molar-refractivity contribution in [3.05, 3.63) is 59.7 Å². The van der Waals surface area contributed by atoms with Crippen LogP contribution in [0.1, 0.15) is 70.3 Å². The maximum absolute atomic E-state index is 11.6. The van der Waals surface area contributed by atoms with Gasteiger partial charge in [-0.25, -0.2) is 15.0 Å². The van der Waals surface area contributed by atoms with Crippen LogP contribution in [-0.2, 0) is 22.4 Å². The van der Waals surface area contributed by atoms with E-state index in [1.165, 1.54) is 12.5 Å². The quantitative estimate of drug-likeness (QED) is 0.135. The lowest BCUT2D eigenvalue weighted by Gasteiger charge is -2.32. The number of nitrogens with zero attached hydrogens (tertiary/aromatic N) is 5. The number of unbranched alkanes of at least 4 members (excludes halogenated alkanes) is 1. The van der Waals surface area contributed by atoms with Crippen LogP contribution in [0.15, 0.2) is 42.7 Å². The summed E-state index contributed by atoms with van der Waals surface area (Å²) in [5, 5.41) is 21.0. The largest absolute Gasteiger partial charge is 0.370 e. The highest BCUT2D eigenvalue weighted by molar-refractivity contribution is 5.72. The fourth-order valence-corrected chi connectivity index (χ4v) is 5.39. The Balaban J connectivity index is 1.41. The molecule has 0 radical (unpaired) electrons. The van der Waals surface area contributed by atoms with Crippen molar-refractivity contribution in [2.45, 2.75) is 91.1 Å². The maximum Gasteiger partial charge on any atom is 0.216 e. The van der Waals surface area contributed by atoms with Gasteiger partial charge in [0.2, 0.25) is 5.91 Å². The first-order chi connectivity index (χ1) is 21.6. The first-order valence-corrected chi connectivity index (χ1v) is 16.1. The lowest BCUT2D eigenvalue weighted by molar-refractivity contribution is -0.173. The fraction of sp³-hybridized carbons (Fsp3) is 0.559. The third kappa shape index (κ3) is 11.6. The van der Waals surface area contributed by atoms with Gasteiger partial charge in [0.25, 0.3) is 0 Å². The van der Waals surface area contributed by atoms with Crippen molar-refractivity contribution in [2.75, 3.05) is 43.4 Å². The Hall–Kier alpha value is -3.67. The number of hydrogen-bond donors (Lipinski definition) is 4. The van der Waals surface area contributed by atoms with E-state index in [2.05, 4.69) is 43.0 Å². The molecule has 11 heteroatoms. The molecule has 45 heavy (non-hydrogen) atoms. The number of ether oxygens (including phenoxy) is 1. The molecule has 11 nitrogen and oxygen atoms in total. The number of amides is 1. The Kier molecular flexibility index (Phi) is 12.6. The first-order valence-electron chi connectivity index (χ1n) is 16.1. The van der Waals surface area contributed by atoms with Gasteiger partial charge in [-0.2, -0.15) is 0 Å². The Bertz CT molecular complexity index is 1370. The zero-order valence-corrected chi connectivity index (χ0v) is 27.5. The summed E-state index contributed by atoms with van der Waals surface area (Å²) in [4.78, 5) is 32.2. The van der Waals surface area contributed by atoms with Gasteiger partial charge in [0.1, 0.15) is 11.6 Å². The Labute approximate surface area is 267 Å². The Morgan fingerprint density at radius 2 is 1.89 bits per heavy atom. The minimum atomic E-state index is -1.06. The summed E-state index contributed by atoms with van der Waals surface area (Å²) in [6, 6.07) is 9.56. The molecule has 0 aliphatic carbocycles. The van der Waals surface area contributed by atoms with Crippen molar-refractivity contribution in [1.82, 2.24) is 30.2 Å². The molecule has 1 unspecified atom stereocenters. The van der Waals surface area contributed by atoms with Gasteiger partial charge in [0.05, 0.1) is 11.6 Å². The van der Waals surface area contributed by atoms with Gasteiger partial charge in [-0.05, 0) is 96.5 Å². The summed E-state index contributed by atoms with van der Waals surface area (Å²) in [5.41, 5.74) is 3.57. The smallest absolute Gasteiger partial charge is 0.216 e. The fourth-order valence-electron chi connectivity index (χ4n) is 5.39. The third-order valence-corrected chi connectivity index (χ3v) is 7.61. The standard InChI is InChI=1S/C34H50N8O3/c1-24-23-30(41-32(38-24)27-13-17-35-18-14-27)40-29(33(44)45-34(3,4)5)15-21-42(22-19-36-25(2)43)20-7-6-10-28-12-11-26-9-8-16-37-31(26)39-28/h11-14,17-18,23,29,33,44H,6-10,15-16,19-22H2,1-5H3,(H,36,43)(H,37,39)(H,38,40,41)/t29-,33?/m0/s1. The molecule has 3 aromatic rings. The highest BCUT2D eigenvalue weighted by Gasteiger charge is 2.26. The molecule has 0 fully saturated rings. The normalized spacial score (nSPS) is 14.4. The zero-order chi connectivity index (χ0) is 32.2. The van der Waals surface area contributed by atoms with Gasteiger partial charge in [-0.3, -0.25) is 9.78 Å². The number of fused-ring (bicyclic) bond motifs is 1. The van der Waals surface area contributed by atoms with E-state index in [4.69, 9.17) is 14.7 Å². The van der Waals surface area contributed by atoms with E-state index in [1.807, 2.05) is 45.9 Å². The first kappa shape index (κ1) is 34.2. The molecule has 244 valence electrons. The topological polar surface area (TPSA) is 137 Å². The van der Waals surface area contributed by atoms with Gasteiger partial charge >= 0.3 is 0 Å². The predicted octanol–water partition coefficient (Wildman–Crippen LogP) is 4.37. The van der Waals surface area contributed by atoms with Crippen LogP contribution >= 0.6 is 0 Å². The van der Waals surface area contributed by atoms with Crippen LogP contribution in [0.4, 0.5) is 11.6 Å². The molecule has 4 N–H and O–H groups in total. The summed E-state index contributed by atoms with van der Waals surface area (Å²) >= 11 is 0. The van der Waals surface area contributed by atoms with Crippen molar-refractivity contribution < 1.29 is 14.6 Å². The van der Waals surface area contributed by atoms with Crippen LogP contribution in [0.3, 0.4) is 0 Å². The van der Waals surface area contributed by atoms with E-state index >= 15 is 0 Å². The second-order valence-corrected chi connectivity index (χ2v) is 12.7. The zero-order valence-electron chi connectivity index (χ0n) is 27.5. The number of rotatable bonds is 16. The van der Waals surface area contributed by atoms with Gasteiger partial charge < -0.3 is 30.7 Å². The molecule has 2 atom stereocenters. The summed E-state index contributed by atoms with van der Waals surface area (Å²) < 4.78 is 6.00. The molecule has 0 aromatic carbocycles. The molecule has 4 heterocycles. The third-order valence-electron chi connectivity index (χ3n) is 7.61. The average Bonchev–Trinajstić information content (AvgIpc) is 3.00. The van der Waals surface area contributed by atoms with E-state index in [9.17, 15) is 9.90 Å². The van der Waals surface area contributed by atoms with Crippen LogP contribution in [0.2, 0.25) is 0 Å². The summed E-state index contributed by atoms with van der Waals surface area (Å²) in [6.07, 6.45) is 8.14. The molecule has 4 rings (SSSR count). The van der Waals surface area contributed by atoms with Gasteiger partial charge in [-0.1, -0.05) is 6.07 Å². The lowest BCUT2D eigenvalue weighted by atomic mass is 10.1. The minimum absolute atomic E-state index is 0.0419. The molecular formula is C34H50N8O3. The Morgan fingerprint density at radius 1 is 1.09 bits per heavy atom. The number of aromatic nitrogens is 4. The van der Waals surface area contributed by atoms with Crippen LogP contribution < -0.4 is 16.0 Å². The number of aliphatic hydroxyl groups is 1. The van der Waals surface area contributed by atoms with Crippen LogP contribution in [0.25, 0.3) is 11.4 Å². The molecule has 1 aliphatic heterocycles. The van der Waals surface area contributed by atoms with Gasteiger partial charge in [-0.15, -0.1) is 0 Å². The number of nitrogens with one attached hydrogen (secondary N) is 3. The predicted molar refractivity (Wildman–Crippen MR) is 178 cm³/mol. The molecular weight excluding hydrogens is 568 g/mol. The van der Waals surface area contributed by atoms with E-state index in [1.54, 1.807) is 12.4 Å². The summed E-state index contributed by atoms with van der Waals surface area (Å²) in [7, 11) is 0. The number of carbonyl (C=O) groups is 1. The molecule has 0 spiro atoms. The molecule has 0 saturated heterocycles. The lowest BCUT2D eigenvalue weighted by Crippen LogP contribution is -2.43. The SMILES string of the molecule is CC(=O)NCCN(CCCCc1ccc2c(n1)NCCC2)CC[C@H](Nc1cc(C)nc(-c2ccncc2)n1)C(O)OC(C)(C)C. The van der Waals surface area contributed by atoms with Crippen molar-refractivity contribution >= 4 is 17.5 Å².